The van der Waals surface area contributed by atoms with E-state index in [1.807, 2.05) is 0 Å². The Morgan fingerprint density at radius 1 is 1.14 bits per heavy atom. The fourth-order valence-electron chi connectivity index (χ4n) is 2.54. The van der Waals surface area contributed by atoms with E-state index < -0.39 is 0 Å². The van der Waals surface area contributed by atoms with Gasteiger partial charge in [-0.25, -0.2) is 0 Å². The molecule has 120 valence electrons. The summed E-state index contributed by atoms with van der Waals surface area (Å²) in [5.41, 5.74) is 1.68. The first-order valence-corrected chi connectivity index (χ1v) is 8.36. The number of hydrogen-bond acceptors (Lipinski definition) is 2. The molecule has 0 aromatic heterocycles. The third-order valence-electron chi connectivity index (χ3n) is 4.11. The van der Waals surface area contributed by atoms with Gasteiger partial charge in [0.25, 0.3) is 0 Å². The van der Waals surface area contributed by atoms with E-state index in [9.17, 15) is 0 Å². The molecule has 21 heavy (non-hydrogen) atoms. The number of rotatable bonds is 11. The van der Waals surface area contributed by atoms with Crippen LogP contribution in [-0.2, 0) is 4.74 Å². The molecular weight excluding hydrogens is 258 g/mol. The molecule has 2 nitrogen and oxygen atoms in total. The Hall–Kier alpha value is -0.860. The van der Waals surface area contributed by atoms with E-state index in [4.69, 9.17) is 4.74 Å². The predicted octanol–water partition coefficient (Wildman–Crippen LogP) is 4.96. The lowest BCUT2D eigenvalue weighted by molar-refractivity contribution is 0.148. The molecule has 0 aliphatic rings. The van der Waals surface area contributed by atoms with Crippen molar-refractivity contribution in [3.8, 4) is 0 Å². The molecule has 0 amide bonds. The van der Waals surface area contributed by atoms with Crippen LogP contribution in [0, 0.1) is 5.41 Å². The molecule has 1 aromatic carbocycles. The molecule has 0 heterocycles. The monoisotopic (exact) mass is 291 g/mol. The highest BCUT2D eigenvalue weighted by molar-refractivity contribution is 5.18. The first-order chi connectivity index (χ1) is 10.1. The Balaban J connectivity index is 2.56. The lowest BCUT2D eigenvalue weighted by atomic mass is 9.88. The number of nitrogens with one attached hydrogen (secondary N) is 1. The van der Waals surface area contributed by atoms with Crippen molar-refractivity contribution in [1.82, 2.24) is 5.32 Å². The van der Waals surface area contributed by atoms with Crippen LogP contribution in [0.15, 0.2) is 30.3 Å². The van der Waals surface area contributed by atoms with Gasteiger partial charge in [-0.05, 0) is 23.8 Å². The van der Waals surface area contributed by atoms with Crippen LogP contribution in [-0.4, -0.2) is 20.3 Å². The van der Waals surface area contributed by atoms with E-state index in [1.54, 1.807) is 7.11 Å². The Labute approximate surface area is 131 Å². The third kappa shape index (κ3) is 7.63. The Kier molecular flexibility index (Phi) is 8.63. The van der Waals surface area contributed by atoms with Crippen LogP contribution < -0.4 is 5.32 Å². The zero-order valence-electron chi connectivity index (χ0n) is 14.3. The molecule has 1 N–H and O–H groups in total. The molecule has 1 aromatic rings. The van der Waals surface area contributed by atoms with E-state index in [-0.39, 0.29) is 5.41 Å². The van der Waals surface area contributed by atoms with Gasteiger partial charge in [-0.2, -0.15) is 0 Å². The smallest absolute Gasteiger partial charge is 0.0467 e. The molecule has 1 rings (SSSR count). The molecule has 0 spiro atoms. The minimum Gasteiger partial charge on any atom is -0.385 e. The molecule has 1 atom stereocenters. The van der Waals surface area contributed by atoms with Crippen molar-refractivity contribution in [2.24, 2.45) is 5.41 Å². The van der Waals surface area contributed by atoms with Crippen LogP contribution in [0.25, 0.3) is 0 Å². The van der Waals surface area contributed by atoms with E-state index >= 15 is 0 Å². The van der Waals surface area contributed by atoms with Crippen molar-refractivity contribution in [1.29, 1.82) is 0 Å². The summed E-state index contributed by atoms with van der Waals surface area (Å²) >= 11 is 0. The minimum absolute atomic E-state index is 0.272. The van der Waals surface area contributed by atoms with Crippen molar-refractivity contribution >= 4 is 0 Å². The van der Waals surface area contributed by atoms with E-state index in [1.165, 1.54) is 31.2 Å². The molecule has 0 radical (unpaired) electrons. The van der Waals surface area contributed by atoms with Crippen LogP contribution in [0.3, 0.4) is 0 Å². The van der Waals surface area contributed by atoms with Crippen molar-refractivity contribution in [2.45, 2.75) is 58.9 Å². The standard InChI is InChI=1S/C19H33NO/c1-5-6-8-13-18(17-11-9-7-10-12-17)20-16-19(2,3)14-15-21-4/h7,9-12,18,20H,5-6,8,13-16H2,1-4H3. The van der Waals surface area contributed by atoms with E-state index in [2.05, 4.69) is 56.4 Å². The molecule has 0 aliphatic heterocycles. The summed E-state index contributed by atoms with van der Waals surface area (Å²) in [5.74, 6) is 0. The second kappa shape index (κ2) is 9.97. The molecule has 0 saturated heterocycles. The maximum absolute atomic E-state index is 5.22. The summed E-state index contributed by atoms with van der Waals surface area (Å²) in [6.45, 7) is 8.75. The highest BCUT2D eigenvalue weighted by Gasteiger charge is 2.20. The van der Waals surface area contributed by atoms with Crippen molar-refractivity contribution in [3.63, 3.8) is 0 Å². The minimum atomic E-state index is 0.272. The van der Waals surface area contributed by atoms with E-state index in [0.717, 1.165) is 19.6 Å². The van der Waals surface area contributed by atoms with Gasteiger partial charge < -0.3 is 10.1 Å². The van der Waals surface area contributed by atoms with Gasteiger partial charge in [0.15, 0.2) is 0 Å². The van der Waals surface area contributed by atoms with Crippen LogP contribution in [0.4, 0.5) is 0 Å². The van der Waals surface area contributed by atoms with Crippen molar-refractivity contribution in [3.05, 3.63) is 35.9 Å². The first-order valence-electron chi connectivity index (χ1n) is 8.36. The first kappa shape index (κ1) is 18.2. The summed E-state index contributed by atoms with van der Waals surface area (Å²) in [4.78, 5) is 0. The molecule has 2 heteroatoms. The van der Waals surface area contributed by atoms with Crippen molar-refractivity contribution in [2.75, 3.05) is 20.3 Å². The second-order valence-corrected chi connectivity index (χ2v) is 6.75. The average molecular weight is 291 g/mol. The SMILES string of the molecule is CCCCCC(NCC(C)(C)CCOC)c1ccccc1. The summed E-state index contributed by atoms with van der Waals surface area (Å²) < 4.78 is 5.22. The zero-order chi connectivity index (χ0) is 15.6. The number of hydrogen-bond donors (Lipinski definition) is 1. The normalized spacial score (nSPS) is 13.3. The van der Waals surface area contributed by atoms with Crippen LogP contribution in [0.1, 0.15) is 64.5 Å². The van der Waals surface area contributed by atoms with Gasteiger partial charge in [0.05, 0.1) is 0 Å². The quantitative estimate of drug-likeness (QED) is 0.582. The van der Waals surface area contributed by atoms with E-state index in [0.29, 0.717) is 6.04 Å². The predicted molar refractivity (Wildman–Crippen MR) is 91.6 cm³/mol. The lowest BCUT2D eigenvalue weighted by Gasteiger charge is -2.28. The maximum atomic E-state index is 5.22. The van der Waals surface area contributed by atoms with Crippen LogP contribution in [0.2, 0.25) is 0 Å². The van der Waals surface area contributed by atoms with Gasteiger partial charge in [0, 0.05) is 26.3 Å². The molecule has 1 unspecified atom stereocenters. The number of unbranched alkanes of at least 4 members (excludes halogenated alkanes) is 2. The zero-order valence-corrected chi connectivity index (χ0v) is 14.3. The van der Waals surface area contributed by atoms with Gasteiger partial charge in [-0.3, -0.25) is 0 Å². The number of ether oxygens (including phenoxy) is 1. The second-order valence-electron chi connectivity index (χ2n) is 6.75. The maximum Gasteiger partial charge on any atom is 0.0467 e. The molecule has 0 aliphatic carbocycles. The fraction of sp³-hybridized carbons (Fsp3) is 0.684. The summed E-state index contributed by atoms with van der Waals surface area (Å²) in [7, 11) is 1.78. The van der Waals surface area contributed by atoms with Gasteiger partial charge in [0.1, 0.15) is 0 Å². The Morgan fingerprint density at radius 3 is 2.48 bits per heavy atom. The third-order valence-corrected chi connectivity index (χ3v) is 4.11. The summed E-state index contributed by atoms with van der Waals surface area (Å²) in [5, 5.41) is 3.79. The number of methoxy groups -OCH3 is 1. The molecule has 0 saturated carbocycles. The van der Waals surface area contributed by atoms with Gasteiger partial charge in [-0.1, -0.05) is 70.4 Å². The fourth-order valence-corrected chi connectivity index (χ4v) is 2.54. The van der Waals surface area contributed by atoms with Crippen LogP contribution >= 0.6 is 0 Å². The molecule has 0 bridgehead atoms. The largest absolute Gasteiger partial charge is 0.385 e. The topological polar surface area (TPSA) is 21.3 Å². The van der Waals surface area contributed by atoms with Gasteiger partial charge in [-0.15, -0.1) is 0 Å². The Morgan fingerprint density at radius 2 is 1.86 bits per heavy atom. The highest BCUT2D eigenvalue weighted by atomic mass is 16.5. The molecule has 0 fully saturated rings. The highest BCUT2D eigenvalue weighted by Crippen LogP contribution is 2.24. The van der Waals surface area contributed by atoms with Crippen molar-refractivity contribution < 1.29 is 4.74 Å². The lowest BCUT2D eigenvalue weighted by Crippen LogP contribution is -2.33. The number of benzene rings is 1. The summed E-state index contributed by atoms with van der Waals surface area (Å²) in [6, 6.07) is 11.3. The van der Waals surface area contributed by atoms with Gasteiger partial charge in [0.2, 0.25) is 0 Å². The van der Waals surface area contributed by atoms with Crippen LogP contribution in [0.5, 0.6) is 0 Å². The van der Waals surface area contributed by atoms with Gasteiger partial charge >= 0.3 is 0 Å². The average Bonchev–Trinajstić information content (AvgIpc) is 2.49. The Bertz CT molecular complexity index is 361. The molecular formula is C19H33NO. The summed E-state index contributed by atoms with van der Waals surface area (Å²) in [6.07, 6.45) is 6.20.